The molecular formula is C24H23N3O3. The average molecular weight is 401 g/mol. The lowest BCUT2D eigenvalue weighted by atomic mass is 10.1. The van der Waals surface area contributed by atoms with Crippen LogP contribution in [0.3, 0.4) is 0 Å². The molecule has 1 unspecified atom stereocenters. The van der Waals surface area contributed by atoms with E-state index in [1.54, 1.807) is 42.7 Å². The van der Waals surface area contributed by atoms with Crippen LogP contribution in [-0.2, 0) is 6.61 Å². The van der Waals surface area contributed by atoms with Crippen molar-refractivity contribution in [2.24, 2.45) is 0 Å². The molecule has 0 aliphatic rings. The summed E-state index contributed by atoms with van der Waals surface area (Å²) < 4.78 is 11.5. The van der Waals surface area contributed by atoms with Crippen molar-refractivity contribution in [1.82, 2.24) is 10.3 Å². The zero-order chi connectivity index (χ0) is 21.3. The SMILES string of the molecule is CCOc1cc(C(=O)NC(C)c2ccc(C#N)cc2)ccc1OCc1cccnc1. The molecule has 152 valence electrons. The molecule has 0 saturated heterocycles. The Kier molecular flexibility index (Phi) is 7.01. The van der Waals surface area contributed by atoms with Crippen LogP contribution in [0, 0.1) is 11.3 Å². The Balaban J connectivity index is 1.70. The summed E-state index contributed by atoms with van der Waals surface area (Å²) in [6.45, 7) is 4.59. The Bertz CT molecular complexity index is 1030. The van der Waals surface area contributed by atoms with Gasteiger partial charge in [-0.3, -0.25) is 9.78 Å². The fourth-order valence-corrected chi connectivity index (χ4v) is 2.89. The zero-order valence-corrected chi connectivity index (χ0v) is 17.0. The molecule has 0 aliphatic heterocycles. The van der Waals surface area contributed by atoms with Crippen LogP contribution < -0.4 is 14.8 Å². The predicted octanol–water partition coefficient (Wildman–Crippen LogP) is 4.42. The van der Waals surface area contributed by atoms with Crippen molar-refractivity contribution >= 4 is 5.91 Å². The van der Waals surface area contributed by atoms with Gasteiger partial charge in [0.15, 0.2) is 11.5 Å². The molecule has 3 aromatic rings. The second-order valence-corrected chi connectivity index (χ2v) is 6.67. The number of nitrogens with one attached hydrogen (secondary N) is 1. The van der Waals surface area contributed by atoms with Gasteiger partial charge in [-0.1, -0.05) is 18.2 Å². The summed E-state index contributed by atoms with van der Waals surface area (Å²) in [5.74, 6) is 0.865. The monoisotopic (exact) mass is 401 g/mol. The standard InChI is InChI=1S/C24H23N3O3/c1-3-29-23-13-21(10-11-22(23)30-16-19-5-4-12-26-15-19)24(28)27-17(2)20-8-6-18(14-25)7-9-20/h4-13,15,17H,3,16H2,1-2H3,(H,27,28). The largest absolute Gasteiger partial charge is 0.490 e. The Morgan fingerprint density at radius 3 is 2.60 bits per heavy atom. The van der Waals surface area contributed by atoms with Crippen LogP contribution in [0.25, 0.3) is 0 Å². The molecule has 0 bridgehead atoms. The highest BCUT2D eigenvalue weighted by molar-refractivity contribution is 5.95. The van der Waals surface area contributed by atoms with Crippen molar-refractivity contribution in [1.29, 1.82) is 5.26 Å². The number of ether oxygens (including phenoxy) is 2. The van der Waals surface area contributed by atoms with E-state index in [1.165, 1.54) is 0 Å². The predicted molar refractivity (Wildman–Crippen MR) is 113 cm³/mol. The van der Waals surface area contributed by atoms with Crippen molar-refractivity contribution in [2.75, 3.05) is 6.61 Å². The molecule has 0 aliphatic carbocycles. The summed E-state index contributed by atoms with van der Waals surface area (Å²) in [5.41, 5.74) is 2.93. The molecule has 6 nitrogen and oxygen atoms in total. The third-order valence-corrected chi connectivity index (χ3v) is 4.51. The van der Waals surface area contributed by atoms with Gasteiger partial charge < -0.3 is 14.8 Å². The van der Waals surface area contributed by atoms with E-state index in [-0.39, 0.29) is 11.9 Å². The van der Waals surface area contributed by atoms with Gasteiger partial charge in [-0.25, -0.2) is 0 Å². The van der Waals surface area contributed by atoms with Gasteiger partial charge in [0.05, 0.1) is 24.3 Å². The number of aromatic nitrogens is 1. The lowest BCUT2D eigenvalue weighted by molar-refractivity contribution is 0.0939. The maximum atomic E-state index is 12.7. The van der Waals surface area contributed by atoms with E-state index in [4.69, 9.17) is 14.7 Å². The first-order valence-electron chi connectivity index (χ1n) is 9.70. The average Bonchev–Trinajstić information content (AvgIpc) is 2.79. The first-order chi connectivity index (χ1) is 14.6. The van der Waals surface area contributed by atoms with Crippen LogP contribution in [0.1, 0.15) is 46.9 Å². The Hall–Kier alpha value is -3.85. The van der Waals surface area contributed by atoms with Gasteiger partial charge in [0.25, 0.3) is 5.91 Å². The number of amides is 1. The van der Waals surface area contributed by atoms with Crippen LogP contribution in [0.4, 0.5) is 0 Å². The van der Waals surface area contributed by atoms with Gasteiger partial charge in [-0.2, -0.15) is 5.26 Å². The van der Waals surface area contributed by atoms with Crippen molar-refractivity contribution in [2.45, 2.75) is 26.5 Å². The molecule has 0 fully saturated rings. The smallest absolute Gasteiger partial charge is 0.251 e. The highest BCUT2D eigenvalue weighted by atomic mass is 16.5. The Labute approximate surface area is 176 Å². The minimum absolute atomic E-state index is 0.206. The van der Waals surface area contributed by atoms with E-state index < -0.39 is 0 Å². The van der Waals surface area contributed by atoms with Crippen LogP contribution in [0.2, 0.25) is 0 Å². The van der Waals surface area contributed by atoms with Crippen molar-refractivity contribution < 1.29 is 14.3 Å². The summed E-state index contributed by atoms with van der Waals surface area (Å²) in [4.78, 5) is 16.8. The lowest BCUT2D eigenvalue weighted by Gasteiger charge is -2.16. The molecule has 0 spiro atoms. The zero-order valence-electron chi connectivity index (χ0n) is 17.0. The molecular weight excluding hydrogens is 378 g/mol. The molecule has 0 saturated carbocycles. The van der Waals surface area contributed by atoms with Crippen LogP contribution >= 0.6 is 0 Å². The van der Waals surface area contributed by atoms with E-state index in [0.717, 1.165) is 11.1 Å². The molecule has 6 heteroatoms. The summed E-state index contributed by atoms with van der Waals surface area (Å²) in [6.07, 6.45) is 3.45. The second-order valence-electron chi connectivity index (χ2n) is 6.67. The number of rotatable bonds is 8. The van der Waals surface area contributed by atoms with Crippen LogP contribution in [-0.4, -0.2) is 17.5 Å². The molecule has 3 rings (SSSR count). The molecule has 0 radical (unpaired) electrons. The Morgan fingerprint density at radius 2 is 1.93 bits per heavy atom. The van der Waals surface area contributed by atoms with E-state index in [9.17, 15) is 4.79 Å². The maximum absolute atomic E-state index is 12.7. The first-order valence-corrected chi connectivity index (χ1v) is 9.70. The lowest BCUT2D eigenvalue weighted by Crippen LogP contribution is -2.26. The van der Waals surface area contributed by atoms with Gasteiger partial charge in [0.1, 0.15) is 6.61 Å². The normalized spacial score (nSPS) is 11.2. The third-order valence-electron chi connectivity index (χ3n) is 4.51. The highest BCUT2D eigenvalue weighted by Gasteiger charge is 2.15. The van der Waals surface area contributed by atoms with Gasteiger partial charge in [0.2, 0.25) is 0 Å². The number of carbonyl (C=O) groups is 1. The van der Waals surface area contributed by atoms with E-state index in [1.807, 2.05) is 38.1 Å². The van der Waals surface area contributed by atoms with E-state index in [2.05, 4.69) is 16.4 Å². The number of nitrogens with zero attached hydrogens (tertiary/aromatic N) is 2. The van der Waals surface area contributed by atoms with E-state index in [0.29, 0.717) is 35.8 Å². The highest BCUT2D eigenvalue weighted by Crippen LogP contribution is 2.29. The van der Waals surface area contributed by atoms with E-state index >= 15 is 0 Å². The number of hydrogen-bond acceptors (Lipinski definition) is 5. The Morgan fingerprint density at radius 1 is 1.13 bits per heavy atom. The summed E-state index contributed by atoms with van der Waals surface area (Å²) >= 11 is 0. The number of benzene rings is 2. The minimum atomic E-state index is -0.216. The van der Waals surface area contributed by atoms with Gasteiger partial charge in [-0.15, -0.1) is 0 Å². The van der Waals surface area contributed by atoms with Gasteiger partial charge >= 0.3 is 0 Å². The molecule has 1 aromatic heterocycles. The van der Waals surface area contributed by atoms with Gasteiger partial charge in [0, 0.05) is 23.5 Å². The summed E-state index contributed by atoms with van der Waals surface area (Å²) in [5, 5.41) is 11.9. The minimum Gasteiger partial charge on any atom is -0.490 e. The molecule has 1 heterocycles. The molecule has 1 amide bonds. The van der Waals surface area contributed by atoms with Crippen molar-refractivity contribution in [3.05, 3.63) is 89.2 Å². The first kappa shape index (κ1) is 20.9. The second kappa shape index (κ2) is 10.1. The van der Waals surface area contributed by atoms with Crippen LogP contribution in [0.15, 0.2) is 67.0 Å². The summed E-state index contributed by atoms with van der Waals surface area (Å²) in [6, 6.07) is 17.9. The van der Waals surface area contributed by atoms with Gasteiger partial charge in [-0.05, 0) is 55.8 Å². The fraction of sp³-hybridized carbons (Fsp3) is 0.208. The number of nitriles is 1. The number of hydrogen-bond donors (Lipinski definition) is 1. The van der Waals surface area contributed by atoms with Crippen molar-refractivity contribution in [3.63, 3.8) is 0 Å². The van der Waals surface area contributed by atoms with Crippen molar-refractivity contribution in [3.8, 4) is 17.6 Å². The molecule has 2 aromatic carbocycles. The maximum Gasteiger partial charge on any atom is 0.251 e. The summed E-state index contributed by atoms with van der Waals surface area (Å²) in [7, 11) is 0. The molecule has 30 heavy (non-hydrogen) atoms. The fourth-order valence-electron chi connectivity index (χ4n) is 2.89. The number of carbonyl (C=O) groups excluding carboxylic acids is 1. The quantitative estimate of drug-likeness (QED) is 0.604. The third kappa shape index (κ3) is 5.36. The topological polar surface area (TPSA) is 84.2 Å². The molecule has 1 atom stereocenters. The van der Waals surface area contributed by atoms with Crippen LogP contribution in [0.5, 0.6) is 11.5 Å². The number of pyridine rings is 1. The molecule has 1 N–H and O–H groups in total.